The molecule has 0 spiro atoms. The van der Waals surface area contributed by atoms with E-state index >= 15 is 0 Å². The molecule has 0 aliphatic carbocycles. The van der Waals surface area contributed by atoms with Gasteiger partial charge >= 0.3 is 0 Å². The van der Waals surface area contributed by atoms with Gasteiger partial charge in [-0.05, 0) is 31.0 Å². The maximum Gasteiger partial charge on any atom is 0.256 e. The molecule has 7 heteroatoms. The van der Waals surface area contributed by atoms with E-state index in [1.165, 1.54) is 6.07 Å². The Balaban J connectivity index is 1.48. The van der Waals surface area contributed by atoms with Gasteiger partial charge in [0.15, 0.2) is 6.23 Å². The van der Waals surface area contributed by atoms with E-state index < -0.39 is 12.0 Å². The average molecular weight is 410 g/mol. The summed E-state index contributed by atoms with van der Waals surface area (Å²) >= 11 is 0. The normalized spacial score (nSPS) is 19.4. The van der Waals surface area contributed by atoms with Crippen LogP contribution in [-0.4, -0.2) is 46.8 Å². The van der Waals surface area contributed by atoms with Gasteiger partial charge in [-0.3, -0.25) is 10.2 Å². The topological polar surface area (TPSA) is 77.0 Å². The van der Waals surface area contributed by atoms with Gasteiger partial charge in [-0.15, -0.1) is 0 Å². The Kier molecular flexibility index (Phi) is 5.83. The smallest absolute Gasteiger partial charge is 0.256 e. The van der Waals surface area contributed by atoms with Crippen LogP contribution in [0.3, 0.4) is 0 Å². The van der Waals surface area contributed by atoms with Crippen LogP contribution < -0.4 is 10.7 Å². The highest BCUT2D eigenvalue weighted by atomic mass is 19.1. The third-order valence-corrected chi connectivity index (χ3v) is 5.82. The first-order valence-electron chi connectivity index (χ1n) is 10.4. The lowest BCUT2D eigenvalue weighted by molar-refractivity contribution is 0.0549. The van der Waals surface area contributed by atoms with Gasteiger partial charge in [0.25, 0.3) is 5.91 Å². The molecule has 0 aromatic heterocycles. The quantitative estimate of drug-likeness (QED) is 0.684. The Morgan fingerprint density at radius 3 is 2.87 bits per heavy atom. The van der Waals surface area contributed by atoms with Crippen LogP contribution in [0.2, 0.25) is 0 Å². The van der Waals surface area contributed by atoms with Crippen LogP contribution in [0.1, 0.15) is 53.5 Å². The Hall–Kier alpha value is -2.77. The summed E-state index contributed by atoms with van der Waals surface area (Å²) in [6.45, 7) is 5.42. The molecule has 6 nitrogen and oxygen atoms in total. The average Bonchev–Trinajstić information content (AvgIpc) is 2.73. The second-order valence-corrected chi connectivity index (χ2v) is 8.05. The van der Waals surface area contributed by atoms with Gasteiger partial charge in [-0.1, -0.05) is 37.3 Å². The van der Waals surface area contributed by atoms with E-state index in [9.17, 15) is 14.3 Å². The van der Waals surface area contributed by atoms with Crippen LogP contribution in [0.4, 0.5) is 4.39 Å². The predicted octanol–water partition coefficient (Wildman–Crippen LogP) is 2.58. The molecule has 2 atom stereocenters. The van der Waals surface area contributed by atoms with Crippen molar-refractivity contribution in [1.29, 1.82) is 0 Å². The molecule has 30 heavy (non-hydrogen) atoms. The number of carbonyl (C=O) groups excluding carboxylic acids is 1. The number of likely N-dealkylation sites (tertiary alicyclic amines) is 1. The number of nitrogens with zero attached hydrogens (tertiary/aromatic N) is 2. The third-order valence-electron chi connectivity index (χ3n) is 5.82. The minimum atomic E-state index is -0.848. The number of fused-ring (bicyclic) bond motifs is 1. The zero-order valence-corrected chi connectivity index (χ0v) is 17.2. The van der Waals surface area contributed by atoms with Crippen molar-refractivity contribution in [2.45, 2.75) is 45.0 Å². The summed E-state index contributed by atoms with van der Waals surface area (Å²) in [7, 11) is 0. The molecular weight excluding hydrogens is 383 g/mol. The van der Waals surface area contributed by atoms with Gasteiger partial charge in [0, 0.05) is 42.7 Å². The minimum Gasteiger partial charge on any atom is -0.368 e. The van der Waals surface area contributed by atoms with E-state index in [1.54, 1.807) is 17.0 Å². The number of aliphatic hydroxyl groups is 1. The van der Waals surface area contributed by atoms with E-state index in [0.29, 0.717) is 25.6 Å². The molecule has 0 radical (unpaired) electrons. The van der Waals surface area contributed by atoms with Crippen LogP contribution >= 0.6 is 0 Å². The largest absolute Gasteiger partial charge is 0.368 e. The number of hydrogen-bond acceptors (Lipinski definition) is 5. The molecule has 158 valence electrons. The van der Waals surface area contributed by atoms with Crippen molar-refractivity contribution in [2.75, 3.05) is 13.1 Å². The van der Waals surface area contributed by atoms with E-state index in [2.05, 4.69) is 29.7 Å². The van der Waals surface area contributed by atoms with Gasteiger partial charge in [0.2, 0.25) is 0 Å². The van der Waals surface area contributed by atoms with Crippen molar-refractivity contribution in [3.63, 3.8) is 0 Å². The summed E-state index contributed by atoms with van der Waals surface area (Å²) in [6.07, 6.45) is 0.605. The maximum atomic E-state index is 14.4. The minimum absolute atomic E-state index is 0.0900. The molecule has 2 aliphatic rings. The van der Waals surface area contributed by atoms with Crippen molar-refractivity contribution in [3.8, 4) is 0 Å². The monoisotopic (exact) mass is 410 g/mol. The zero-order valence-electron chi connectivity index (χ0n) is 17.2. The number of benzene rings is 2. The summed E-state index contributed by atoms with van der Waals surface area (Å²) in [5.74, 6) is -0.794. The Bertz CT molecular complexity index is 971. The van der Waals surface area contributed by atoms with Crippen LogP contribution in [-0.2, 0) is 6.42 Å². The van der Waals surface area contributed by atoms with Crippen LogP contribution in [0.5, 0.6) is 0 Å². The standard InChI is InChI=1S/C23H27FN4O2/c1-3-14(2)25-16-12-28(13-16)23(30)19-10-15(8-9-20(19)24)11-21-17-6-4-5-7-18(17)22(29)27-26-21/h4-10,14,16,22,25,27,29H,3,11-13H2,1-2H3. The Labute approximate surface area is 175 Å². The lowest BCUT2D eigenvalue weighted by Crippen LogP contribution is -2.61. The molecule has 4 rings (SSSR count). The van der Waals surface area contributed by atoms with Crippen molar-refractivity contribution >= 4 is 11.6 Å². The Morgan fingerprint density at radius 1 is 1.33 bits per heavy atom. The predicted molar refractivity (Wildman–Crippen MR) is 114 cm³/mol. The lowest BCUT2D eigenvalue weighted by atomic mass is 9.95. The molecular formula is C23H27FN4O2. The van der Waals surface area contributed by atoms with Crippen molar-refractivity contribution < 1.29 is 14.3 Å². The molecule has 0 saturated carbocycles. The van der Waals surface area contributed by atoms with Gasteiger partial charge in [0.05, 0.1) is 11.3 Å². The fourth-order valence-electron chi connectivity index (χ4n) is 3.88. The second-order valence-electron chi connectivity index (χ2n) is 8.05. The van der Waals surface area contributed by atoms with Crippen LogP contribution in [0.25, 0.3) is 0 Å². The zero-order chi connectivity index (χ0) is 21.3. The van der Waals surface area contributed by atoms with Gasteiger partial charge in [-0.2, -0.15) is 5.10 Å². The number of aliphatic hydroxyl groups excluding tert-OH is 1. The number of hydrogen-bond donors (Lipinski definition) is 3. The molecule has 2 aromatic carbocycles. The van der Waals surface area contributed by atoms with Crippen LogP contribution in [0.15, 0.2) is 47.6 Å². The highest BCUT2D eigenvalue weighted by Gasteiger charge is 2.33. The molecule has 2 aromatic rings. The van der Waals surface area contributed by atoms with E-state index in [0.717, 1.165) is 28.8 Å². The van der Waals surface area contributed by atoms with Gasteiger partial charge in [-0.25, -0.2) is 4.39 Å². The van der Waals surface area contributed by atoms with Crippen molar-refractivity contribution in [3.05, 3.63) is 70.5 Å². The van der Waals surface area contributed by atoms with Gasteiger partial charge in [0.1, 0.15) is 5.82 Å². The fraction of sp³-hybridized carbons (Fsp3) is 0.391. The number of amides is 1. The first kappa shape index (κ1) is 20.5. The molecule has 0 bridgehead atoms. The maximum absolute atomic E-state index is 14.4. The number of halogens is 1. The first-order chi connectivity index (χ1) is 14.5. The molecule has 3 N–H and O–H groups in total. The fourth-order valence-corrected chi connectivity index (χ4v) is 3.88. The molecule has 2 aliphatic heterocycles. The molecule has 1 amide bonds. The number of rotatable bonds is 6. The molecule has 2 heterocycles. The van der Waals surface area contributed by atoms with Crippen molar-refractivity contribution in [1.82, 2.24) is 15.6 Å². The van der Waals surface area contributed by atoms with E-state index in [1.807, 2.05) is 24.3 Å². The molecule has 1 saturated heterocycles. The summed E-state index contributed by atoms with van der Waals surface area (Å²) in [6, 6.07) is 12.8. The Morgan fingerprint density at radius 2 is 2.10 bits per heavy atom. The third kappa shape index (κ3) is 4.08. The second kappa shape index (κ2) is 8.53. The molecule has 1 fully saturated rings. The molecule has 2 unspecified atom stereocenters. The summed E-state index contributed by atoms with van der Waals surface area (Å²) in [5.41, 5.74) is 5.93. The number of hydrazone groups is 1. The van der Waals surface area contributed by atoms with E-state index in [4.69, 9.17) is 0 Å². The highest BCUT2D eigenvalue weighted by molar-refractivity contribution is 6.04. The summed E-state index contributed by atoms with van der Waals surface area (Å²) in [5, 5.41) is 17.8. The summed E-state index contributed by atoms with van der Waals surface area (Å²) in [4.78, 5) is 14.5. The highest BCUT2D eigenvalue weighted by Crippen LogP contribution is 2.24. The SMILES string of the molecule is CCC(C)NC1CN(C(=O)c2cc(CC3=NNC(O)c4ccccc43)ccc2F)C1. The van der Waals surface area contributed by atoms with Crippen LogP contribution in [0, 0.1) is 5.82 Å². The number of carbonyl (C=O) groups is 1. The lowest BCUT2D eigenvalue weighted by Gasteiger charge is -2.41. The van der Waals surface area contributed by atoms with E-state index in [-0.39, 0.29) is 17.5 Å². The summed E-state index contributed by atoms with van der Waals surface area (Å²) < 4.78 is 14.4. The first-order valence-corrected chi connectivity index (χ1v) is 10.4. The van der Waals surface area contributed by atoms with Crippen molar-refractivity contribution in [2.24, 2.45) is 5.10 Å². The van der Waals surface area contributed by atoms with Gasteiger partial charge < -0.3 is 15.3 Å². The number of nitrogens with one attached hydrogen (secondary N) is 2.